The molecule has 0 heterocycles. The molecule has 106 valence electrons. The van der Waals surface area contributed by atoms with Gasteiger partial charge in [0.2, 0.25) is 0 Å². The first-order valence-corrected chi connectivity index (χ1v) is 7.19. The van der Waals surface area contributed by atoms with E-state index in [0.717, 1.165) is 17.5 Å². The lowest BCUT2D eigenvalue weighted by molar-refractivity contribution is 0.482. The van der Waals surface area contributed by atoms with Crippen LogP contribution in [0.15, 0.2) is 36.4 Å². The molecule has 0 saturated carbocycles. The van der Waals surface area contributed by atoms with Crippen LogP contribution in [0.2, 0.25) is 10.0 Å². The first-order valence-electron chi connectivity index (χ1n) is 6.43. The molecule has 0 bridgehead atoms. The van der Waals surface area contributed by atoms with Crippen molar-refractivity contribution in [3.63, 3.8) is 0 Å². The van der Waals surface area contributed by atoms with E-state index in [2.05, 4.69) is 0 Å². The normalized spacial score (nSPS) is 12.2. The Balaban J connectivity index is 2.21. The van der Waals surface area contributed by atoms with Gasteiger partial charge in [-0.3, -0.25) is 0 Å². The highest BCUT2D eigenvalue weighted by Crippen LogP contribution is 2.34. The quantitative estimate of drug-likeness (QED) is 0.864. The van der Waals surface area contributed by atoms with Gasteiger partial charge in [0.25, 0.3) is 0 Å². The first-order chi connectivity index (χ1) is 9.45. The molecule has 4 heteroatoms. The molecule has 0 radical (unpaired) electrons. The Bertz CT molecular complexity index is 611. The third-order valence-corrected chi connectivity index (χ3v) is 3.45. The summed E-state index contributed by atoms with van der Waals surface area (Å²) in [5.41, 5.74) is 7.95. The van der Waals surface area contributed by atoms with Gasteiger partial charge in [0.1, 0.15) is 11.5 Å². The van der Waals surface area contributed by atoms with Crippen molar-refractivity contribution in [2.45, 2.75) is 26.3 Å². The maximum absolute atomic E-state index is 6.24. The molecule has 0 saturated heterocycles. The molecule has 2 aromatic carbocycles. The third kappa shape index (κ3) is 3.89. The summed E-state index contributed by atoms with van der Waals surface area (Å²) in [6.07, 6.45) is 0.783. The maximum Gasteiger partial charge on any atom is 0.146 e. The van der Waals surface area contributed by atoms with E-state index < -0.39 is 0 Å². The lowest BCUT2D eigenvalue weighted by atomic mass is 10.1. The van der Waals surface area contributed by atoms with Gasteiger partial charge in [-0.25, -0.2) is 0 Å². The average Bonchev–Trinajstić information content (AvgIpc) is 2.34. The lowest BCUT2D eigenvalue weighted by Crippen LogP contribution is -2.17. The summed E-state index contributed by atoms with van der Waals surface area (Å²) in [5.74, 6) is 1.19. The van der Waals surface area contributed by atoms with Crippen molar-refractivity contribution in [2.24, 2.45) is 5.73 Å². The highest BCUT2D eigenvalue weighted by molar-refractivity contribution is 6.33. The van der Waals surface area contributed by atoms with Gasteiger partial charge < -0.3 is 10.5 Å². The second-order valence-electron chi connectivity index (χ2n) is 4.98. The number of halogens is 2. The Morgan fingerprint density at radius 3 is 2.20 bits per heavy atom. The number of ether oxygens (including phenoxy) is 1. The van der Waals surface area contributed by atoms with Gasteiger partial charge in [-0.1, -0.05) is 35.3 Å². The summed E-state index contributed by atoms with van der Waals surface area (Å²) in [6.45, 7) is 3.94. The molecular weight excluding hydrogens is 293 g/mol. The Hall–Kier alpha value is -1.22. The van der Waals surface area contributed by atoms with Crippen molar-refractivity contribution in [3.8, 4) is 11.5 Å². The van der Waals surface area contributed by atoms with Gasteiger partial charge in [-0.2, -0.15) is 0 Å². The lowest BCUT2D eigenvalue weighted by Gasteiger charge is -2.11. The smallest absolute Gasteiger partial charge is 0.146 e. The van der Waals surface area contributed by atoms with Crippen LogP contribution < -0.4 is 10.5 Å². The molecule has 0 aliphatic rings. The van der Waals surface area contributed by atoms with Gasteiger partial charge in [0.05, 0.1) is 10.0 Å². The van der Waals surface area contributed by atoms with Gasteiger partial charge in [-0.05, 0) is 55.7 Å². The zero-order valence-corrected chi connectivity index (χ0v) is 13.0. The molecule has 2 nitrogen and oxygen atoms in total. The van der Waals surface area contributed by atoms with E-state index in [0.29, 0.717) is 21.5 Å². The molecule has 0 aliphatic heterocycles. The summed E-state index contributed by atoms with van der Waals surface area (Å²) in [7, 11) is 0. The standard InChI is InChI=1S/C16H17Cl2NO/c1-10-3-5-15(13(17)7-10)20-16-6-4-12(8-11(2)19)9-14(16)18/h3-7,9,11H,8,19H2,1-2H3. The third-order valence-electron chi connectivity index (χ3n) is 2.86. The molecule has 0 fully saturated rings. The highest BCUT2D eigenvalue weighted by atomic mass is 35.5. The molecule has 1 unspecified atom stereocenters. The van der Waals surface area contributed by atoms with Gasteiger partial charge >= 0.3 is 0 Å². The van der Waals surface area contributed by atoms with Gasteiger partial charge in [0.15, 0.2) is 0 Å². The van der Waals surface area contributed by atoms with Crippen LogP contribution >= 0.6 is 23.2 Å². The Labute approximate surface area is 129 Å². The fraction of sp³-hybridized carbons (Fsp3) is 0.250. The van der Waals surface area contributed by atoms with Crippen LogP contribution in [0.5, 0.6) is 11.5 Å². The minimum Gasteiger partial charge on any atom is -0.454 e. The Morgan fingerprint density at radius 2 is 1.65 bits per heavy atom. The van der Waals surface area contributed by atoms with Crippen LogP contribution in [0.4, 0.5) is 0 Å². The highest BCUT2D eigenvalue weighted by Gasteiger charge is 2.08. The van der Waals surface area contributed by atoms with E-state index in [1.54, 1.807) is 0 Å². The number of rotatable bonds is 4. The summed E-state index contributed by atoms with van der Waals surface area (Å²) in [4.78, 5) is 0. The second kappa shape index (κ2) is 6.49. The maximum atomic E-state index is 6.24. The fourth-order valence-electron chi connectivity index (χ4n) is 1.93. The second-order valence-corrected chi connectivity index (χ2v) is 5.80. The van der Waals surface area contributed by atoms with Crippen LogP contribution in [0.1, 0.15) is 18.1 Å². The fourth-order valence-corrected chi connectivity index (χ4v) is 2.45. The molecule has 0 aromatic heterocycles. The molecule has 0 amide bonds. The predicted molar refractivity (Wildman–Crippen MR) is 85.1 cm³/mol. The largest absolute Gasteiger partial charge is 0.454 e. The van der Waals surface area contributed by atoms with Crippen LogP contribution in [-0.2, 0) is 6.42 Å². The van der Waals surface area contributed by atoms with E-state index in [9.17, 15) is 0 Å². The van der Waals surface area contributed by atoms with E-state index >= 15 is 0 Å². The number of hydrogen-bond donors (Lipinski definition) is 1. The van der Waals surface area contributed by atoms with Crippen molar-refractivity contribution >= 4 is 23.2 Å². The van der Waals surface area contributed by atoms with Crippen molar-refractivity contribution in [2.75, 3.05) is 0 Å². The Kier molecular flexibility index (Phi) is 4.92. The van der Waals surface area contributed by atoms with Gasteiger partial charge in [0, 0.05) is 6.04 Å². The summed E-state index contributed by atoms with van der Waals surface area (Å²) < 4.78 is 5.76. The topological polar surface area (TPSA) is 35.2 Å². The molecule has 20 heavy (non-hydrogen) atoms. The zero-order chi connectivity index (χ0) is 14.7. The summed E-state index contributed by atoms with van der Waals surface area (Å²) in [6, 6.07) is 11.4. The van der Waals surface area contributed by atoms with Crippen LogP contribution in [-0.4, -0.2) is 6.04 Å². The monoisotopic (exact) mass is 309 g/mol. The van der Waals surface area contributed by atoms with Crippen molar-refractivity contribution in [1.29, 1.82) is 0 Å². The molecule has 2 aromatic rings. The summed E-state index contributed by atoms with van der Waals surface area (Å²) >= 11 is 12.4. The van der Waals surface area contributed by atoms with Crippen LogP contribution in [0.25, 0.3) is 0 Å². The number of hydrogen-bond acceptors (Lipinski definition) is 2. The minimum absolute atomic E-state index is 0.101. The van der Waals surface area contributed by atoms with E-state index in [-0.39, 0.29) is 6.04 Å². The van der Waals surface area contributed by atoms with Gasteiger partial charge in [-0.15, -0.1) is 0 Å². The summed E-state index contributed by atoms with van der Waals surface area (Å²) in [5, 5.41) is 1.13. The van der Waals surface area contributed by atoms with Crippen LogP contribution in [0, 0.1) is 6.92 Å². The van der Waals surface area contributed by atoms with Crippen molar-refractivity contribution in [3.05, 3.63) is 57.6 Å². The van der Waals surface area contributed by atoms with E-state index in [1.165, 1.54) is 0 Å². The number of aryl methyl sites for hydroxylation is 1. The molecule has 1 atom stereocenters. The van der Waals surface area contributed by atoms with E-state index in [1.807, 2.05) is 50.2 Å². The molecule has 2 rings (SSSR count). The van der Waals surface area contributed by atoms with Crippen LogP contribution in [0.3, 0.4) is 0 Å². The molecule has 2 N–H and O–H groups in total. The molecule has 0 spiro atoms. The first kappa shape index (κ1) is 15.2. The number of benzene rings is 2. The number of nitrogens with two attached hydrogens (primary N) is 1. The minimum atomic E-state index is 0.101. The molecule has 0 aliphatic carbocycles. The molecular formula is C16H17Cl2NO. The average molecular weight is 310 g/mol. The van der Waals surface area contributed by atoms with Crippen molar-refractivity contribution in [1.82, 2.24) is 0 Å². The SMILES string of the molecule is Cc1ccc(Oc2ccc(CC(C)N)cc2Cl)c(Cl)c1. The Morgan fingerprint density at radius 1 is 1.05 bits per heavy atom. The predicted octanol–water partition coefficient (Wildman–Crippen LogP) is 4.98. The van der Waals surface area contributed by atoms with E-state index in [4.69, 9.17) is 33.7 Å². The zero-order valence-electron chi connectivity index (χ0n) is 11.5. The van der Waals surface area contributed by atoms with Crippen molar-refractivity contribution < 1.29 is 4.74 Å².